The average Bonchev–Trinajstić information content (AvgIpc) is 2.75. The van der Waals surface area contributed by atoms with Crippen LogP contribution in [0.2, 0.25) is 0 Å². The first kappa shape index (κ1) is 12.9. The van der Waals surface area contributed by atoms with Gasteiger partial charge in [-0.3, -0.25) is 4.90 Å². The second kappa shape index (κ2) is 6.40. The Morgan fingerprint density at radius 2 is 2.12 bits per heavy atom. The number of aryl methyl sites for hydroxylation is 1. The monoisotopic (exact) mass is 255 g/mol. The molecule has 2 rings (SSSR count). The molecule has 1 aromatic rings. The van der Waals surface area contributed by atoms with Gasteiger partial charge in [0.15, 0.2) is 5.82 Å². The van der Waals surface area contributed by atoms with Gasteiger partial charge in [0.2, 0.25) is 5.89 Å². The van der Waals surface area contributed by atoms with Crippen molar-refractivity contribution in [2.75, 3.05) is 24.6 Å². The zero-order valence-electron chi connectivity index (χ0n) is 10.7. The van der Waals surface area contributed by atoms with Gasteiger partial charge in [0.1, 0.15) is 0 Å². The lowest BCUT2D eigenvalue weighted by Crippen LogP contribution is -2.32. The molecule has 0 aromatic carbocycles. The lowest BCUT2D eigenvalue weighted by atomic mass is 10.1. The Balaban J connectivity index is 1.80. The Morgan fingerprint density at radius 1 is 1.35 bits per heavy atom. The minimum absolute atomic E-state index is 0.691. The SMILES string of the molecule is CC(C)CCc1noc(CN2CCSCC2)n1. The van der Waals surface area contributed by atoms with Crippen molar-refractivity contribution in [3.63, 3.8) is 0 Å². The third-order valence-electron chi connectivity index (χ3n) is 2.92. The Hall–Kier alpha value is -0.550. The molecule has 1 saturated heterocycles. The van der Waals surface area contributed by atoms with Gasteiger partial charge in [-0.2, -0.15) is 16.7 Å². The van der Waals surface area contributed by atoms with Gasteiger partial charge >= 0.3 is 0 Å². The first-order valence-electron chi connectivity index (χ1n) is 6.35. The fourth-order valence-corrected chi connectivity index (χ4v) is 2.80. The molecule has 0 spiro atoms. The Kier molecular flexibility index (Phi) is 4.86. The molecule has 4 nitrogen and oxygen atoms in total. The molecule has 5 heteroatoms. The largest absolute Gasteiger partial charge is 0.338 e. The van der Waals surface area contributed by atoms with E-state index < -0.39 is 0 Å². The van der Waals surface area contributed by atoms with Crippen LogP contribution in [0.15, 0.2) is 4.52 Å². The molecule has 0 amide bonds. The Morgan fingerprint density at radius 3 is 2.82 bits per heavy atom. The number of hydrogen-bond acceptors (Lipinski definition) is 5. The van der Waals surface area contributed by atoms with Crippen molar-refractivity contribution in [2.24, 2.45) is 5.92 Å². The van der Waals surface area contributed by atoms with E-state index in [9.17, 15) is 0 Å². The summed E-state index contributed by atoms with van der Waals surface area (Å²) in [7, 11) is 0. The van der Waals surface area contributed by atoms with Gasteiger partial charge in [-0.25, -0.2) is 0 Å². The minimum atomic E-state index is 0.691. The highest BCUT2D eigenvalue weighted by atomic mass is 32.2. The lowest BCUT2D eigenvalue weighted by Gasteiger charge is -2.24. The van der Waals surface area contributed by atoms with Crippen LogP contribution < -0.4 is 0 Å². The van der Waals surface area contributed by atoms with Crippen molar-refractivity contribution in [2.45, 2.75) is 33.2 Å². The Labute approximate surface area is 107 Å². The molecule has 0 bridgehead atoms. The number of thioether (sulfide) groups is 1. The van der Waals surface area contributed by atoms with Crippen LogP contribution in [0.4, 0.5) is 0 Å². The molecule has 17 heavy (non-hydrogen) atoms. The predicted octanol–water partition coefficient (Wildman–Crippen LogP) is 2.21. The highest BCUT2D eigenvalue weighted by molar-refractivity contribution is 7.99. The third kappa shape index (κ3) is 4.32. The van der Waals surface area contributed by atoms with E-state index >= 15 is 0 Å². The third-order valence-corrected chi connectivity index (χ3v) is 3.86. The number of aromatic nitrogens is 2. The van der Waals surface area contributed by atoms with E-state index in [-0.39, 0.29) is 0 Å². The van der Waals surface area contributed by atoms with Crippen molar-refractivity contribution < 1.29 is 4.52 Å². The molecule has 1 fully saturated rings. The van der Waals surface area contributed by atoms with Gasteiger partial charge in [0.05, 0.1) is 6.54 Å². The van der Waals surface area contributed by atoms with Crippen LogP contribution in [-0.4, -0.2) is 39.6 Å². The van der Waals surface area contributed by atoms with E-state index in [0.29, 0.717) is 5.92 Å². The number of hydrogen-bond donors (Lipinski definition) is 0. The van der Waals surface area contributed by atoms with Crippen molar-refractivity contribution in [3.05, 3.63) is 11.7 Å². The Bertz CT molecular complexity index is 334. The van der Waals surface area contributed by atoms with Crippen molar-refractivity contribution >= 4 is 11.8 Å². The molecular formula is C12H21N3OS. The maximum absolute atomic E-state index is 5.29. The summed E-state index contributed by atoms with van der Waals surface area (Å²) in [5.74, 6) is 4.76. The summed E-state index contributed by atoms with van der Waals surface area (Å²) in [5, 5.41) is 4.04. The highest BCUT2D eigenvalue weighted by Crippen LogP contribution is 2.12. The molecule has 0 radical (unpaired) electrons. The van der Waals surface area contributed by atoms with E-state index in [4.69, 9.17) is 4.52 Å². The van der Waals surface area contributed by atoms with Crippen LogP contribution >= 0.6 is 11.8 Å². The fourth-order valence-electron chi connectivity index (χ4n) is 1.82. The van der Waals surface area contributed by atoms with Gasteiger partial charge in [0, 0.05) is 31.0 Å². The normalized spacial score (nSPS) is 17.8. The summed E-state index contributed by atoms with van der Waals surface area (Å²) in [5.41, 5.74) is 0. The smallest absolute Gasteiger partial charge is 0.240 e. The number of nitrogens with zero attached hydrogens (tertiary/aromatic N) is 3. The highest BCUT2D eigenvalue weighted by Gasteiger charge is 2.14. The summed E-state index contributed by atoms with van der Waals surface area (Å²) in [6, 6.07) is 0. The average molecular weight is 255 g/mol. The molecule has 1 aromatic heterocycles. The molecule has 0 aliphatic carbocycles. The predicted molar refractivity (Wildman–Crippen MR) is 70.1 cm³/mol. The van der Waals surface area contributed by atoms with Gasteiger partial charge in [-0.05, 0) is 12.3 Å². The summed E-state index contributed by atoms with van der Waals surface area (Å²) in [4.78, 5) is 6.84. The zero-order chi connectivity index (χ0) is 12.1. The quantitative estimate of drug-likeness (QED) is 0.807. The van der Waals surface area contributed by atoms with Crippen molar-refractivity contribution in [1.82, 2.24) is 15.0 Å². The maximum atomic E-state index is 5.29. The summed E-state index contributed by atoms with van der Waals surface area (Å²) in [6.07, 6.45) is 2.05. The van der Waals surface area contributed by atoms with Gasteiger partial charge in [-0.1, -0.05) is 19.0 Å². The maximum Gasteiger partial charge on any atom is 0.240 e. The molecule has 0 saturated carbocycles. The summed E-state index contributed by atoms with van der Waals surface area (Å²) >= 11 is 2.02. The van der Waals surface area contributed by atoms with E-state index in [1.807, 2.05) is 11.8 Å². The summed E-state index contributed by atoms with van der Waals surface area (Å²) < 4.78 is 5.29. The van der Waals surface area contributed by atoms with Crippen LogP contribution in [-0.2, 0) is 13.0 Å². The van der Waals surface area contributed by atoms with Crippen molar-refractivity contribution in [1.29, 1.82) is 0 Å². The lowest BCUT2D eigenvalue weighted by molar-refractivity contribution is 0.245. The van der Waals surface area contributed by atoms with Crippen LogP contribution in [0.25, 0.3) is 0 Å². The molecule has 0 N–H and O–H groups in total. The molecule has 0 unspecified atom stereocenters. The van der Waals surface area contributed by atoms with Crippen LogP contribution in [0.3, 0.4) is 0 Å². The molecule has 1 aliphatic heterocycles. The van der Waals surface area contributed by atoms with Crippen LogP contribution in [0.5, 0.6) is 0 Å². The van der Waals surface area contributed by atoms with Crippen LogP contribution in [0.1, 0.15) is 32.0 Å². The molecular weight excluding hydrogens is 234 g/mol. The standard InChI is InChI=1S/C12H21N3OS/c1-10(2)3-4-11-13-12(16-14-11)9-15-5-7-17-8-6-15/h10H,3-9H2,1-2H3. The van der Waals surface area contributed by atoms with Crippen LogP contribution in [0, 0.1) is 5.92 Å². The molecule has 2 heterocycles. The topological polar surface area (TPSA) is 42.2 Å². The van der Waals surface area contributed by atoms with E-state index in [1.165, 1.54) is 11.5 Å². The second-order valence-electron chi connectivity index (χ2n) is 4.93. The van der Waals surface area contributed by atoms with Gasteiger partial charge in [0.25, 0.3) is 0 Å². The van der Waals surface area contributed by atoms with Crippen molar-refractivity contribution in [3.8, 4) is 0 Å². The summed E-state index contributed by atoms with van der Waals surface area (Å²) in [6.45, 7) is 7.51. The first-order chi connectivity index (χ1) is 8.24. The molecule has 0 atom stereocenters. The first-order valence-corrected chi connectivity index (χ1v) is 7.51. The number of rotatable bonds is 5. The zero-order valence-corrected chi connectivity index (χ0v) is 11.5. The van der Waals surface area contributed by atoms with E-state index in [1.54, 1.807) is 0 Å². The second-order valence-corrected chi connectivity index (χ2v) is 6.15. The van der Waals surface area contributed by atoms with E-state index in [0.717, 1.165) is 44.2 Å². The molecule has 96 valence electrons. The van der Waals surface area contributed by atoms with E-state index in [2.05, 4.69) is 28.9 Å². The van der Waals surface area contributed by atoms with Gasteiger partial charge in [-0.15, -0.1) is 0 Å². The minimum Gasteiger partial charge on any atom is -0.338 e. The van der Waals surface area contributed by atoms with Gasteiger partial charge < -0.3 is 4.52 Å². The fraction of sp³-hybridized carbons (Fsp3) is 0.833. The molecule has 1 aliphatic rings.